The molecule has 0 aliphatic carbocycles. The monoisotopic (exact) mass is 360 g/mol. The Labute approximate surface area is 114 Å². The van der Waals surface area contributed by atoms with Gasteiger partial charge in [-0.25, -0.2) is 4.39 Å². The third-order valence-electron chi connectivity index (χ3n) is 2.15. The molecule has 1 heterocycles. The zero-order valence-corrected chi connectivity index (χ0v) is 11.6. The Morgan fingerprint density at radius 3 is 2.88 bits per heavy atom. The number of anilines is 1. The fourth-order valence-corrected chi connectivity index (χ4v) is 3.51. The van der Waals surface area contributed by atoms with Crippen molar-refractivity contribution in [2.45, 2.75) is 6.92 Å². The van der Waals surface area contributed by atoms with Crippen molar-refractivity contribution >= 4 is 54.9 Å². The largest absolute Gasteiger partial charge is 0.317 e. The molecular weight excluding hydrogens is 354 g/mol. The van der Waals surface area contributed by atoms with E-state index in [0.717, 1.165) is 4.70 Å². The van der Waals surface area contributed by atoms with E-state index in [4.69, 9.17) is 5.26 Å². The lowest BCUT2D eigenvalue weighted by Crippen LogP contribution is -2.05. The molecule has 6 heteroatoms. The molecule has 0 spiro atoms. The SMILES string of the molecule is CC(=O)Nc1sc2ccc(F)c(I)c2c1C#N. The number of hydrogen-bond acceptors (Lipinski definition) is 3. The molecule has 1 N–H and O–H groups in total. The molecule has 0 saturated carbocycles. The van der Waals surface area contributed by atoms with Gasteiger partial charge in [0.05, 0.1) is 9.13 Å². The van der Waals surface area contributed by atoms with Crippen LogP contribution in [0.2, 0.25) is 0 Å². The van der Waals surface area contributed by atoms with Gasteiger partial charge in [0.1, 0.15) is 16.9 Å². The molecule has 1 amide bonds. The summed E-state index contributed by atoms with van der Waals surface area (Å²) in [6.45, 7) is 1.37. The van der Waals surface area contributed by atoms with Crippen molar-refractivity contribution in [3.63, 3.8) is 0 Å². The minimum atomic E-state index is -0.359. The van der Waals surface area contributed by atoms with Crippen molar-refractivity contribution in [3.05, 3.63) is 27.1 Å². The lowest BCUT2D eigenvalue weighted by atomic mass is 10.2. The number of nitrogens with one attached hydrogen (secondary N) is 1. The van der Waals surface area contributed by atoms with Crippen LogP contribution in [-0.2, 0) is 4.79 Å². The second-order valence-corrected chi connectivity index (χ2v) is 5.46. The van der Waals surface area contributed by atoms with Gasteiger partial charge < -0.3 is 5.32 Å². The third kappa shape index (κ3) is 2.12. The number of carbonyl (C=O) groups is 1. The van der Waals surface area contributed by atoms with Crippen LogP contribution in [-0.4, -0.2) is 5.91 Å². The number of nitriles is 1. The molecule has 2 aromatic rings. The summed E-state index contributed by atoms with van der Waals surface area (Å²) < 4.78 is 14.6. The first-order valence-corrected chi connectivity index (χ1v) is 6.52. The van der Waals surface area contributed by atoms with Gasteiger partial charge in [-0.3, -0.25) is 4.79 Å². The number of thiophene rings is 1. The van der Waals surface area contributed by atoms with Crippen LogP contribution < -0.4 is 5.32 Å². The second-order valence-electron chi connectivity index (χ2n) is 3.33. The smallest absolute Gasteiger partial charge is 0.221 e. The van der Waals surface area contributed by atoms with Crippen LogP contribution >= 0.6 is 33.9 Å². The fourth-order valence-electron chi connectivity index (χ4n) is 1.48. The number of amides is 1. The zero-order chi connectivity index (χ0) is 12.6. The van der Waals surface area contributed by atoms with Crippen LogP contribution in [0.3, 0.4) is 0 Å². The molecule has 0 aliphatic heterocycles. The van der Waals surface area contributed by atoms with Gasteiger partial charge in [-0.1, -0.05) is 0 Å². The molecule has 0 unspecified atom stereocenters. The molecule has 3 nitrogen and oxygen atoms in total. The number of fused-ring (bicyclic) bond motifs is 1. The average Bonchev–Trinajstić information content (AvgIpc) is 2.61. The maximum atomic E-state index is 13.4. The highest BCUT2D eigenvalue weighted by molar-refractivity contribution is 14.1. The molecule has 17 heavy (non-hydrogen) atoms. The fraction of sp³-hybridized carbons (Fsp3) is 0.0909. The summed E-state index contributed by atoms with van der Waals surface area (Å²) in [5, 5.41) is 12.7. The maximum absolute atomic E-state index is 13.4. The molecule has 2 rings (SSSR count). The summed E-state index contributed by atoms with van der Waals surface area (Å²) >= 11 is 3.14. The number of carbonyl (C=O) groups excluding carboxylic acids is 1. The van der Waals surface area contributed by atoms with Crippen LogP contribution in [0, 0.1) is 20.7 Å². The maximum Gasteiger partial charge on any atom is 0.221 e. The van der Waals surface area contributed by atoms with Gasteiger partial charge in [0.15, 0.2) is 0 Å². The van der Waals surface area contributed by atoms with E-state index in [-0.39, 0.29) is 11.7 Å². The third-order valence-corrected chi connectivity index (χ3v) is 4.27. The normalized spacial score (nSPS) is 10.2. The van der Waals surface area contributed by atoms with Gasteiger partial charge in [-0.05, 0) is 34.7 Å². The van der Waals surface area contributed by atoms with Gasteiger partial charge in [0, 0.05) is 17.0 Å². The van der Waals surface area contributed by atoms with Gasteiger partial charge in [-0.15, -0.1) is 11.3 Å². The minimum Gasteiger partial charge on any atom is -0.317 e. The van der Waals surface area contributed by atoms with E-state index < -0.39 is 0 Å². The molecule has 86 valence electrons. The number of rotatable bonds is 1. The lowest BCUT2D eigenvalue weighted by molar-refractivity contribution is -0.114. The molecule has 0 aliphatic rings. The topological polar surface area (TPSA) is 52.9 Å². The average molecular weight is 360 g/mol. The molecule has 0 bridgehead atoms. The van der Waals surface area contributed by atoms with Crippen molar-refractivity contribution in [3.8, 4) is 6.07 Å². The molecule has 0 radical (unpaired) electrons. The summed E-state index contributed by atoms with van der Waals surface area (Å²) in [6, 6.07) is 4.99. The molecule has 1 aromatic carbocycles. The van der Waals surface area contributed by atoms with E-state index >= 15 is 0 Å². The predicted molar refractivity (Wildman–Crippen MR) is 73.5 cm³/mol. The van der Waals surface area contributed by atoms with Crippen molar-refractivity contribution in [2.75, 3.05) is 5.32 Å². The molecule has 1 aromatic heterocycles. The highest BCUT2D eigenvalue weighted by atomic mass is 127. The lowest BCUT2D eigenvalue weighted by Gasteiger charge is -1.98. The highest BCUT2D eigenvalue weighted by Gasteiger charge is 2.17. The first kappa shape index (κ1) is 12.3. The summed E-state index contributed by atoms with van der Waals surface area (Å²) in [5.74, 6) is -0.606. The Bertz CT molecular complexity index is 660. The standard InChI is InChI=1S/C11H6FIN2OS/c1-5(16)15-11-6(4-14)9-8(17-11)3-2-7(12)10(9)13/h2-3H,1H3,(H,15,16). The Morgan fingerprint density at radius 1 is 1.59 bits per heavy atom. The van der Waals surface area contributed by atoms with E-state index in [0.29, 0.717) is 19.5 Å². The first-order chi connectivity index (χ1) is 8.04. The van der Waals surface area contributed by atoms with Crippen LogP contribution in [0.15, 0.2) is 12.1 Å². The molecule has 0 fully saturated rings. The molecule has 0 saturated heterocycles. The van der Waals surface area contributed by atoms with E-state index in [2.05, 4.69) is 5.32 Å². The van der Waals surface area contributed by atoms with E-state index in [1.54, 1.807) is 6.07 Å². The van der Waals surface area contributed by atoms with Gasteiger partial charge in [0.2, 0.25) is 5.91 Å². The number of nitrogens with zero attached hydrogens (tertiary/aromatic N) is 1. The van der Waals surface area contributed by atoms with Crippen LogP contribution in [0.4, 0.5) is 9.39 Å². The Kier molecular flexibility index (Phi) is 3.31. The Morgan fingerprint density at radius 2 is 2.29 bits per heavy atom. The van der Waals surface area contributed by atoms with Crippen molar-refractivity contribution in [2.24, 2.45) is 0 Å². The number of benzene rings is 1. The van der Waals surface area contributed by atoms with Crippen molar-refractivity contribution in [1.82, 2.24) is 0 Å². The number of hydrogen-bond donors (Lipinski definition) is 1. The van der Waals surface area contributed by atoms with Crippen molar-refractivity contribution in [1.29, 1.82) is 5.26 Å². The van der Waals surface area contributed by atoms with Crippen LogP contribution in [0.1, 0.15) is 12.5 Å². The van der Waals surface area contributed by atoms with E-state index in [1.807, 2.05) is 28.7 Å². The minimum absolute atomic E-state index is 0.247. The summed E-state index contributed by atoms with van der Waals surface area (Å²) in [7, 11) is 0. The Hall–Kier alpha value is -1.20. The Balaban J connectivity index is 2.77. The zero-order valence-electron chi connectivity index (χ0n) is 8.67. The van der Waals surface area contributed by atoms with Gasteiger partial charge >= 0.3 is 0 Å². The van der Waals surface area contributed by atoms with E-state index in [1.165, 1.54) is 24.3 Å². The quantitative estimate of drug-likeness (QED) is 0.792. The van der Waals surface area contributed by atoms with Crippen LogP contribution in [0.25, 0.3) is 10.1 Å². The highest BCUT2D eigenvalue weighted by Crippen LogP contribution is 2.38. The summed E-state index contributed by atoms with van der Waals surface area (Å²) in [6.07, 6.45) is 0. The van der Waals surface area contributed by atoms with Crippen LogP contribution in [0.5, 0.6) is 0 Å². The number of halogens is 2. The van der Waals surface area contributed by atoms with Gasteiger partial charge in [0.25, 0.3) is 0 Å². The van der Waals surface area contributed by atoms with Gasteiger partial charge in [-0.2, -0.15) is 5.26 Å². The molecule has 0 atom stereocenters. The second kappa shape index (κ2) is 4.58. The van der Waals surface area contributed by atoms with Crippen molar-refractivity contribution < 1.29 is 9.18 Å². The summed E-state index contributed by atoms with van der Waals surface area (Å²) in [5.41, 5.74) is 0.323. The summed E-state index contributed by atoms with van der Waals surface area (Å²) in [4.78, 5) is 11.0. The predicted octanol–water partition coefficient (Wildman–Crippen LogP) is 3.48. The van der Waals surface area contributed by atoms with E-state index in [9.17, 15) is 9.18 Å². The molecular formula is C11H6FIN2OS. The first-order valence-electron chi connectivity index (χ1n) is 4.62.